The molecule has 0 spiro atoms. The first-order chi connectivity index (χ1) is 16.2. The molecular weight excluding hydrogens is 454 g/mol. The maximum Gasteiger partial charge on any atom is 0.253 e. The zero-order chi connectivity index (χ0) is 24.7. The fourth-order valence-corrected chi connectivity index (χ4v) is 5.40. The smallest absolute Gasteiger partial charge is 0.253 e. The molecule has 184 valence electrons. The number of para-hydroxylation sites is 1. The lowest BCUT2D eigenvalue weighted by Crippen LogP contribution is -2.28. The number of rotatable bonds is 10. The molecule has 1 aliphatic heterocycles. The summed E-state index contributed by atoms with van der Waals surface area (Å²) in [5.74, 6) is 0.317. The third-order valence-corrected chi connectivity index (χ3v) is 7.59. The number of methoxy groups -OCH3 is 1. The van der Waals surface area contributed by atoms with Gasteiger partial charge in [0, 0.05) is 26.1 Å². The fraction of sp³-hybridized carbons (Fsp3) is 0.440. The molecule has 0 atom stereocenters. The van der Waals surface area contributed by atoms with Gasteiger partial charge in [-0.2, -0.15) is 4.31 Å². The van der Waals surface area contributed by atoms with E-state index in [0.29, 0.717) is 54.5 Å². The van der Waals surface area contributed by atoms with Gasteiger partial charge >= 0.3 is 0 Å². The predicted molar refractivity (Wildman–Crippen MR) is 132 cm³/mol. The summed E-state index contributed by atoms with van der Waals surface area (Å²) in [6, 6.07) is 11.6. The molecule has 0 aliphatic carbocycles. The molecule has 1 fully saturated rings. The topological polar surface area (TPSA) is 105 Å². The zero-order valence-electron chi connectivity index (χ0n) is 20.0. The van der Waals surface area contributed by atoms with Gasteiger partial charge in [0.2, 0.25) is 15.9 Å². The molecule has 0 aromatic heterocycles. The second-order valence-corrected chi connectivity index (χ2v) is 10.7. The van der Waals surface area contributed by atoms with Crippen molar-refractivity contribution >= 4 is 27.5 Å². The summed E-state index contributed by atoms with van der Waals surface area (Å²) in [5.41, 5.74) is 1.47. The Balaban J connectivity index is 1.70. The molecule has 1 heterocycles. The number of sulfonamides is 1. The van der Waals surface area contributed by atoms with Crippen LogP contribution >= 0.6 is 0 Å². The third-order valence-electron chi connectivity index (χ3n) is 5.69. The summed E-state index contributed by atoms with van der Waals surface area (Å²) >= 11 is 0. The Labute approximate surface area is 201 Å². The minimum absolute atomic E-state index is 0.103. The monoisotopic (exact) mass is 487 g/mol. The minimum Gasteiger partial charge on any atom is -0.496 e. The highest BCUT2D eigenvalue weighted by Crippen LogP contribution is 2.27. The van der Waals surface area contributed by atoms with Gasteiger partial charge in [-0.05, 0) is 61.1 Å². The Hall–Kier alpha value is -2.91. The average Bonchev–Trinajstić information content (AvgIpc) is 3.37. The molecule has 2 amide bonds. The first-order valence-electron chi connectivity index (χ1n) is 11.6. The van der Waals surface area contributed by atoms with Crippen molar-refractivity contribution in [2.45, 2.75) is 44.4 Å². The van der Waals surface area contributed by atoms with E-state index in [0.717, 1.165) is 12.8 Å². The van der Waals surface area contributed by atoms with Gasteiger partial charge in [0.25, 0.3) is 5.91 Å². The van der Waals surface area contributed by atoms with Crippen LogP contribution in [0.2, 0.25) is 0 Å². The van der Waals surface area contributed by atoms with E-state index in [2.05, 4.69) is 10.6 Å². The normalized spacial score (nSPS) is 14.2. The van der Waals surface area contributed by atoms with Crippen molar-refractivity contribution in [1.29, 1.82) is 0 Å². The number of carbonyl (C=O) groups is 2. The van der Waals surface area contributed by atoms with Crippen LogP contribution in [-0.4, -0.2) is 51.3 Å². The van der Waals surface area contributed by atoms with Gasteiger partial charge in [-0.1, -0.05) is 26.0 Å². The van der Waals surface area contributed by atoms with Crippen molar-refractivity contribution in [3.63, 3.8) is 0 Å². The molecule has 1 aliphatic rings. The van der Waals surface area contributed by atoms with Gasteiger partial charge in [0.15, 0.2) is 0 Å². The van der Waals surface area contributed by atoms with Crippen LogP contribution in [-0.2, 0) is 21.2 Å². The van der Waals surface area contributed by atoms with Crippen LogP contribution in [0.3, 0.4) is 0 Å². The van der Waals surface area contributed by atoms with Crippen LogP contribution in [0, 0.1) is 5.92 Å². The van der Waals surface area contributed by atoms with Crippen molar-refractivity contribution in [3.05, 3.63) is 53.6 Å². The third kappa shape index (κ3) is 6.36. The number of aryl methyl sites for hydroxylation is 1. The van der Waals surface area contributed by atoms with Crippen molar-refractivity contribution in [3.8, 4) is 5.75 Å². The molecule has 34 heavy (non-hydrogen) atoms. The summed E-state index contributed by atoms with van der Waals surface area (Å²) in [6.07, 6.45) is 2.12. The van der Waals surface area contributed by atoms with Crippen molar-refractivity contribution < 1.29 is 22.7 Å². The summed E-state index contributed by atoms with van der Waals surface area (Å²) in [5, 5.41) is 5.67. The second-order valence-electron chi connectivity index (χ2n) is 8.78. The van der Waals surface area contributed by atoms with Crippen molar-refractivity contribution in [2.75, 3.05) is 32.1 Å². The number of benzene rings is 2. The van der Waals surface area contributed by atoms with E-state index in [9.17, 15) is 18.0 Å². The Kier molecular flexibility index (Phi) is 8.68. The summed E-state index contributed by atoms with van der Waals surface area (Å²) in [7, 11) is -2.05. The van der Waals surface area contributed by atoms with Crippen LogP contribution in [0.5, 0.6) is 5.75 Å². The predicted octanol–water partition coefficient (Wildman–Crippen LogP) is 3.44. The lowest BCUT2D eigenvalue weighted by Gasteiger charge is -2.17. The molecular formula is C25H33N3O5S. The van der Waals surface area contributed by atoms with Gasteiger partial charge in [0.1, 0.15) is 5.75 Å². The van der Waals surface area contributed by atoms with Crippen LogP contribution in [0.15, 0.2) is 47.4 Å². The van der Waals surface area contributed by atoms with Gasteiger partial charge in [-0.25, -0.2) is 8.42 Å². The first-order valence-corrected chi connectivity index (χ1v) is 13.0. The number of anilines is 1. The van der Waals surface area contributed by atoms with Gasteiger partial charge in [-0.15, -0.1) is 0 Å². The van der Waals surface area contributed by atoms with Crippen LogP contribution in [0.4, 0.5) is 5.69 Å². The quantitative estimate of drug-likeness (QED) is 0.534. The SMILES string of the molecule is COc1ccc(S(=O)(=O)N2CCCC2)cc1CCC(=O)Nc1ccccc1C(=O)NCC(C)C. The zero-order valence-corrected chi connectivity index (χ0v) is 20.8. The van der Waals surface area contributed by atoms with Crippen LogP contribution in [0.25, 0.3) is 0 Å². The van der Waals surface area contributed by atoms with Crippen molar-refractivity contribution in [2.24, 2.45) is 5.92 Å². The van der Waals surface area contributed by atoms with E-state index in [4.69, 9.17) is 4.74 Å². The highest BCUT2D eigenvalue weighted by Gasteiger charge is 2.28. The number of carbonyl (C=O) groups excluding carboxylic acids is 2. The average molecular weight is 488 g/mol. The van der Waals surface area contributed by atoms with Crippen molar-refractivity contribution in [1.82, 2.24) is 9.62 Å². The first kappa shape index (κ1) is 25.7. The van der Waals surface area contributed by atoms with Gasteiger partial charge in [-0.3, -0.25) is 9.59 Å². The van der Waals surface area contributed by atoms with E-state index in [1.807, 2.05) is 13.8 Å². The summed E-state index contributed by atoms with van der Waals surface area (Å²) in [6.45, 7) is 5.60. The Morgan fingerprint density at radius 3 is 2.47 bits per heavy atom. The molecule has 0 bridgehead atoms. The number of ether oxygens (including phenoxy) is 1. The Morgan fingerprint density at radius 2 is 1.79 bits per heavy atom. The lowest BCUT2D eigenvalue weighted by atomic mass is 10.1. The molecule has 2 N–H and O–H groups in total. The number of hydrogen-bond acceptors (Lipinski definition) is 5. The number of nitrogens with zero attached hydrogens (tertiary/aromatic N) is 1. The molecule has 0 radical (unpaired) electrons. The van der Waals surface area contributed by atoms with E-state index in [-0.39, 0.29) is 23.1 Å². The molecule has 9 heteroatoms. The number of nitrogens with one attached hydrogen (secondary N) is 2. The molecule has 2 aromatic rings. The standard InChI is InChI=1S/C25H33N3O5S/c1-18(2)17-26-25(30)21-8-4-5-9-22(21)27-24(29)13-10-19-16-20(11-12-23(19)33-3)34(31,32)28-14-6-7-15-28/h4-5,8-9,11-12,16,18H,6-7,10,13-15,17H2,1-3H3,(H,26,30)(H,27,29). The highest BCUT2D eigenvalue weighted by atomic mass is 32.2. The molecule has 3 rings (SSSR count). The minimum atomic E-state index is -3.57. The van der Waals surface area contributed by atoms with Gasteiger partial charge < -0.3 is 15.4 Å². The number of amides is 2. The Morgan fingerprint density at radius 1 is 1.09 bits per heavy atom. The highest BCUT2D eigenvalue weighted by molar-refractivity contribution is 7.89. The largest absolute Gasteiger partial charge is 0.496 e. The maximum atomic E-state index is 12.9. The fourth-order valence-electron chi connectivity index (χ4n) is 3.83. The number of hydrogen-bond donors (Lipinski definition) is 2. The van der Waals surface area contributed by atoms with E-state index in [1.54, 1.807) is 42.5 Å². The van der Waals surface area contributed by atoms with Gasteiger partial charge in [0.05, 0.1) is 23.3 Å². The van der Waals surface area contributed by atoms with Crippen LogP contribution in [0.1, 0.15) is 49.0 Å². The Bertz CT molecular complexity index is 1130. The molecule has 0 unspecified atom stereocenters. The molecule has 1 saturated heterocycles. The maximum absolute atomic E-state index is 12.9. The van der Waals surface area contributed by atoms with Crippen LogP contribution < -0.4 is 15.4 Å². The summed E-state index contributed by atoms with van der Waals surface area (Å²) < 4.78 is 32.7. The summed E-state index contributed by atoms with van der Waals surface area (Å²) in [4.78, 5) is 25.4. The molecule has 2 aromatic carbocycles. The van der Waals surface area contributed by atoms with E-state index < -0.39 is 10.0 Å². The molecule has 0 saturated carbocycles. The lowest BCUT2D eigenvalue weighted by molar-refractivity contribution is -0.116. The molecule has 8 nitrogen and oxygen atoms in total. The van der Waals surface area contributed by atoms with E-state index >= 15 is 0 Å². The van der Waals surface area contributed by atoms with E-state index in [1.165, 1.54) is 11.4 Å². The second kappa shape index (κ2) is 11.5.